The van der Waals surface area contributed by atoms with E-state index in [0.717, 1.165) is 45.8 Å². The molecule has 0 bridgehead atoms. The molecule has 2 fully saturated rings. The van der Waals surface area contributed by atoms with E-state index in [9.17, 15) is 9.59 Å². The van der Waals surface area contributed by atoms with Gasteiger partial charge in [0.15, 0.2) is 0 Å². The van der Waals surface area contributed by atoms with Gasteiger partial charge in [0.2, 0.25) is 5.91 Å². The standard InChI is InChI=1S/C14H26N4O3/c1-3-12-11-16(4-6-17(12)8-9-21-2)5-7-18-13(19)10-15-14(18)20/h12H,3-11H2,1-2H3,(H,15,20). The fourth-order valence-corrected chi connectivity index (χ4v) is 2.97. The lowest BCUT2D eigenvalue weighted by molar-refractivity contribution is -0.125. The minimum atomic E-state index is -0.259. The van der Waals surface area contributed by atoms with Crippen LogP contribution in [-0.2, 0) is 9.53 Å². The third-order valence-corrected chi connectivity index (χ3v) is 4.32. The van der Waals surface area contributed by atoms with Crippen molar-refractivity contribution in [3.63, 3.8) is 0 Å². The van der Waals surface area contributed by atoms with Gasteiger partial charge >= 0.3 is 6.03 Å². The van der Waals surface area contributed by atoms with Crippen molar-refractivity contribution in [3.8, 4) is 0 Å². The van der Waals surface area contributed by atoms with Crippen LogP contribution in [0.2, 0.25) is 0 Å². The first-order chi connectivity index (χ1) is 10.2. The van der Waals surface area contributed by atoms with E-state index in [1.165, 1.54) is 4.90 Å². The van der Waals surface area contributed by atoms with Crippen molar-refractivity contribution in [3.05, 3.63) is 0 Å². The van der Waals surface area contributed by atoms with Gasteiger partial charge in [-0.2, -0.15) is 0 Å². The lowest BCUT2D eigenvalue weighted by atomic mass is 10.1. The number of piperazine rings is 1. The van der Waals surface area contributed by atoms with E-state index in [1.54, 1.807) is 7.11 Å². The predicted octanol–water partition coefficient (Wildman–Crippen LogP) is -0.419. The van der Waals surface area contributed by atoms with Crippen LogP contribution in [-0.4, -0.2) is 92.2 Å². The normalized spacial score (nSPS) is 24.7. The summed E-state index contributed by atoms with van der Waals surface area (Å²) in [6, 6.07) is 0.266. The van der Waals surface area contributed by atoms with Crippen LogP contribution in [0.4, 0.5) is 4.79 Å². The quantitative estimate of drug-likeness (QED) is 0.647. The molecule has 0 aromatic rings. The highest BCUT2D eigenvalue weighted by Crippen LogP contribution is 2.13. The molecule has 21 heavy (non-hydrogen) atoms. The van der Waals surface area contributed by atoms with Crippen molar-refractivity contribution in [1.82, 2.24) is 20.0 Å². The minimum Gasteiger partial charge on any atom is -0.383 e. The number of ether oxygens (including phenoxy) is 1. The summed E-state index contributed by atoms with van der Waals surface area (Å²) in [5, 5.41) is 2.55. The van der Waals surface area contributed by atoms with Crippen LogP contribution in [0.5, 0.6) is 0 Å². The maximum Gasteiger partial charge on any atom is 0.324 e. The van der Waals surface area contributed by atoms with Crippen LogP contribution in [0, 0.1) is 0 Å². The smallest absolute Gasteiger partial charge is 0.324 e. The molecule has 3 amide bonds. The van der Waals surface area contributed by atoms with E-state index < -0.39 is 0 Å². The molecule has 2 saturated heterocycles. The van der Waals surface area contributed by atoms with Gasteiger partial charge in [0.1, 0.15) is 0 Å². The second-order valence-corrected chi connectivity index (χ2v) is 5.60. The number of carbonyl (C=O) groups excluding carboxylic acids is 2. The summed E-state index contributed by atoms with van der Waals surface area (Å²) in [4.78, 5) is 29.2. The molecule has 0 saturated carbocycles. The lowest BCUT2D eigenvalue weighted by Gasteiger charge is -2.41. The van der Waals surface area contributed by atoms with Gasteiger partial charge in [-0.25, -0.2) is 4.79 Å². The Hall–Kier alpha value is -1.18. The van der Waals surface area contributed by atoms with E-state index >= 15 is 0 Å². The highest BCUT2D eigenvalue weighted by molar-refractivity contribution is 6.01. The zero-order valence-electron chi connectivity index (χ0n) is 13.0. The van der Waals surface area contributed by atoms with Crippen LogP contribution < -0.4 is 5.32 Å². The number of hydrogen-bond donors (Lipinski definition) is 1. The zero-order chi connectivity index (χ0) is 15.2. The molecular formula is C14H26N4O3. The number of nitrogens with one attached hydrogen (secondary N) is 1. The van der Waals surface area contributed by atoms with Crippen molar-refractivity contribution in [2.45, 2.75) is 19.4 Å². The number of amides is 3. The second-order valence-electron chi connectivity index (χ2n) is 5.60. The van der Waals surface area contributed by atoms with Crippen LogP contribution >= 0.6 is 0 Å². The molecule has 2 aliphatic heterocycles. The first-order valence-electron chi connectivity index (χ1n) is 7.69. The second kappa shape index (κ2) is 7.72. The Kier molecular flexibility index (Phi) is 5.96. The predicted molar refractivity (Wildman–Crippen MR) is 79.1 cm³/mol. The molecule has 1 N–H and O–H groups in total. The third kappa shape index (κ3) is 4.15. The first kappa shape index (κ1) is 16.2. The summed E-state index contributed by atoms with van der Waals surface area (Å²) in [7, 11) is 1.73. The summed E-state index contributed by atoms with van der Waals surface area (Å²) in [5.41, 5.74) is 0. The maximum atomic E-state index is 11.6. The minimum absolute atomic E-state index is 0.120. The number of nitrogens with zero attached hydrogens (tertiary/aromatic N) is 3. The van der Waals surface area contributed by atoms with Crippen LogP contribution in [0.25, 0.3) is 0 Å². The monoisotopic (exact) mass is 298 g/mol. The molecule has 0 radical (unpaired) electrons. The average Bonchev–Trinajstić information content (AvgIpc) is 2.82. The van der Waals surface area contributed by atoms with E-state index in [2.05, 4.69) is 22.0 Å². The number of urea groups is 1. The number of rotatable bonds is 7. The van der Waals surface area contributed by atoms with Gasteiger partial charge in [0.25, 0.3) is 0 Å². The molecule has 120 valence electrons. The first-order valence-corrected chi connectivity index (χ1v) is 7.69. The fraction of sp³-hybridized carbons (Fsp3) is 0.857. The molecule has 0 aromatic carbocycles. The topological polar surface area (TPSA) is 65.1 Å². The van der Waals surface area contributed by atoms with Crippen molar-refractivity contribution in [1.29, 1.82) is 0 Å². The third-order valence-electron chi connectivity index (χ3n) is 4.32. The van der Waals surface area contributed by atoms with Crippen molar-refractivity contribution in [2.75, 3.05) is 59.5 Å². The number of hydrogen-bond acceptors (Lipinski definition) is 5. The van der Waals surface area contributed by atoms with Crippen molar-refractivity contribution < 1.29 is 14.3 Å². The van der Waals surface area contributed by atoms with E-state index in [1.807, 2.05) is 0 Å². The molecule has 1 unspecified atom stereocenters. The molecule has 0 aromatic heterocycles. The van der Waals surface area contributed by atoms with Crippen LogP contribution in [0.3, 0.4) is 0 Å². The molecule has 7 heteroatoms. The highest BCUT2D eigenvalue weighted by atomic mass is 16.5. The summed E-state index contributed by atoms with van der Waals surface area (Å²) >= 11 is 0. The van der Waals surface area contributed by atoms with Crippen molar-refractivity contribution in [2.24, 2.45) is 0 Å². The van der Waals surface area contributed by atoms with E-state index in [4.69, 9.17) is 4.74 Å². The molecule has 0 spiro atoms. The Bertz CT molecular complexity index is 361. The Labute approximate surface area is 126 Å². The number of methoxy groups -OCH3 is 1. The van der Waals surface area contributed by atoms with Crippen LogP contribution in [0.15, 0.2) is 0 Å². The van der Waals surface area contributed by atoms with Gasteiger partial charge < -0.3 is 10.1 Å². The van der Waals surface area contributed by atoms with E-state index in [0.29, 0.717) is 12.6 Å². The van der Waals surface area contributed by atoms with Gasteiger partial charge in [-0.1, -0.05) is 6.92 Å². The SMILES string of the molecule is CCC1CN(CCN2C(=O)CNC2=O)CCN1CCOC. The Balaban J connectivity index is 1.78. The molecular weight excluding hydrogens is 272 g/mol. The Morgan fingerprint density at radius 1 is 1.24 bits per heavy atom. The van der Waals surface area contributed by atoms with Crippen LogP contribution in [0.1, 0.15) is 13.3 Å². The summed E-state index contributed by atoms with van der Waals surface area (Å²) in [6.07, 6.45) is 1.10. The van der Waals surface area contributed by atoms with Gasteiger partial charge in [-0.05, 0) is 6.42 Å². The van der Waals surface area contributed by atoms with Crippen molar-refractivity contribution >= 4 is 11.9 Å². The zero-order valence-corrected chi connectivity index (χ0v) is 13.0. The Morgan fingerprint density at radius 3 is 2.67 bits per heavy atom. The lowest BCUT2D eigenvalue weighted by Crippen LogP contribution is -2.55. The number of imide groups is 1. The molecule has 2 heterocycles. The van der Waals surface area contributed by atoms with Gasteiger partial charge in [0.05, 0.1) is 13.2 Å². The maximum absolute atomic E-state index is 11.6. The molecule has 7 nitrogen and oxygen atoms in total. The number of carbonyl (C=O) groups is 2. The summed E-state index contributed by atoms with van der Waals surface area (Å²) in [6.45, 7) is 8.30. The Morgan fingerprint density at radius 2 is 2.05 bits per heavy atom. The highest BCUT2D eigenvalue weighted by Gasteiger charge is 2.30. The summed E-state index contributed by atoms with van der Waals surface area (Å²) in [5.74, 6) is -0.120. The fourth-order valence-electron chi connectivity index (χ4n) is 2.97. The molecule has 1 atom stereocenters. The van der Waals surface area contributed by atoms with E-state index in [-0.39, 0.29) is 18.5 Å². The summed E-state index contributed by atoms with van der Waals surface area (Å²) < 4.78 is 5.16. The molecule has 0 aliphatic carbocycles. The molecule has 2 aliphatic rings. The van der Waals surface area contributed by atoms with Gasteiger partial charge in [-0.15, -0.1) is 0 Å². The van der Waals surface area contributed by atoms with Gasteiger partial charge in [0, 0.05) is 52.4 Å². The largest absolute Gasteiger partial charge is 0.383 e. The van der Waals surface area contributed by atoms with Gasteiger partial charge in [-0.3, -0.25) is 19.5 Å². The average molecular weight is 298 g/mol. The molecule has 2 rings (SSSR count).